The molecule has 150 valence electrons. The maximum Gasteiger partial charge on any atom is 0.264 e. The predicted molar refractivity (Wildman–Crippen MR) is 116 cm³/mol. The monoisotopic (exact) mass is 397 g/mol. The van der Waals surface area contributed by atoms with E-state index in [2.05, 4.69) is 10.6 Å². The molecule has 3 aromatic carbocycles. The molecule has 30 heavy (non-hydrogen) atoms. The first-order valence-corrected chi connectivity index (χ1v) is 9.64. The third kappa shape index (κ3) is 5.57. The maximum atomic E-state index is 12.8. The topological polar surface area (TPSA) is 85.2 Å². The summed E-state index contributed by atoms with van der Waals surface area (Å²) in [5, 5.41) is 24.6. The van der Waals surface area contributed by atoms with Crippen molar-refractivity contribution < 1.29 is 9.90 Å². The van der Waals surface area contributed by atoms with Crippen LogP contribution in [0.25, 0.3) is 0 Å². The molecule has 0 radical (unpaired) electrons. The van der Waals surface area contributed by atoms with Crippen LogP contribution in [0.15, 0.2) is 96.7 Å². The third-order valence-electron chi connectivity index (χ3n) is 4.66. The lowest BCUT2D eigenvalue weighted by Crippen LogP contribution is -2.30. The van der Waals surface area contributed by atoms with E-state index in [1.165, 1.54) is 6.20 Å². The molecule has 0 bridgehead atoms. The number of hydrogen-bond donors (Lipinski definition) is 3. The van der Waals surface area contributed by atoms with Crippen molar-refractivity contribution in [2.75, 3.05) is 0 Å². The molecule has 0 aliphatic carbocycles. The number of nitrogens with one attached hydrogen (secondary N) is 2. The van der Waals surface area contributed by atoms with E-state index < -0.39 is 5.91 Å². The minimum Gasteiger partial charge on any atom is -0.392 e. The Morgan fingerprint density at radius 3 is 1.93 bits per heavy atom. The SMILES string of the molecule is N#C/C(=C/NCc1ccc(CO)cc1)C(=O)NC(c1ccccc1)c1ccccc1. The first-order valence-electron chi connectivity index (χ1n) is 9.64. The van der Waals surface area contributed by atoms with E-state index in [-0.39, 0.29) is 18.2 Å². The van der Waals surface area contributed by atoms with Crippen molar-refractivity contribution in [3.63, 3.8) is 0 Å². The molecule has 0 aliphatic rings. The van der Waals surface area contributed by atoms with Crippen molar-refractivity contribution >= 4 is 5.91 Å². The van der Waals surface area contributed by atoms with Gasteiger partial charge in [-0.05, 0) is 22.3 Å². The molecular formula is C25H23N3O2. The fraction of sp³-hybridized carbons (Fsp3) is 0.120. The van der Waals surface area contributed by atoms with Gasteiger partial charge >= 0.3 is 0 Å². The number of aliphatic hydroxyl groups excluding tert-OH is 1. The van der Waals surface area contributed by atoms with Crippen molar-refractivity contribution in [3.05, 3.63) is 119 Å². The summed E-state index contributed by atoms with van der Waals surface area (Å²) in [5.41, 5.74) is 3.68. The summed E-state index contributed by atoms with van der Waals surface area (Å²) < 4.78 is 0. The second kappa shape index (κ2) is 10.6. The smallest absolute Gasteiger partial charge is 0.264 e. The van der Waals surface area contributed by atoms with Gasteiger partial charge in [0.05, 0.1) is 12.6 Å². The fourth-order valence-corrected chi connectivity index (χ4v) is 3.04. The van der Waals surface area contributed by atoms with Gasteiger partial charge in [0.2, 0.25) is 0 Å². The van der Waals surface area contributed by atoms with E-state index in [0.717, 1.165) is 22.3 Å². The summed E-state index contributed by atoms with van der Waals surface area (Å²) in [6.45, 7) is 0.460. The standard InChI is InChI=1S/C25H23N3O2/c26-15-23(17-27-16-19-11-13-20(18-29)14-12-19)25(30)28-24(21-7-3-1-4-8-21)22-9-5-2-6-10-22/h1-14,17,24,27,29H,16,18H2,(H,28,30)/b23-17-. The van der Waals surface area contributed by atoms with Crippen molar-refractivity contribution in [2.24, 2.45) is 0 Å². The third-order valence-corrected chi connectivity index (χ3v) is 4.66. The molecule has 0 aliphatic heterocycles. The van der Waals surface area contributed by atoms with Gasteiger partial charge in [-0.15, -0.1) is 0 Å². The van der Waals surface area contributed by atoms with Crippen molar-refractivity contribution in [1.82, 2.24) is 10.6 Å². The first kappa shape index (κ1) is 20.8. The minimum absolute atomic E-state index is 0.00107. The van der Waals surface area contributed by atoms with Crippen LogP contribution in [0.2, 0.25) is 0 Å². The number of nitriles is 1. The van der Waals surface area contributed by atoms with Crippen molar-refractivity contribution in [2.45, 2.75) is 19.2 Å². The van der Waals surface area contributed by atoms with Crippen LogP contribution in [0.3, 0.4) is 0 Å². The zero-order valence-corrected chi connectivity index (χ0v) is 16.5. The van der Waals surface area contributed by atoms with Crippen LogP contribution in [-0.2, 0) is 17.9 Å². The first-order chi connectivity index (χ1) is 14.7. The molecule has 0 atom stereocenters. The average Bonchev–Trinajstić information content (AvgIpc) is 2.81. The quantitative estimate of drug-likeness (QED) is 0.401. The number of hydrogen-bond acceptors (Lipinski definition) is 4. The molecule has 0 spiro atoms. The molecule has 0 unspecified atom stereocenters. The van der Waals surface area contributed by atoms with Gasteiger partial charge in [-0.25, -0.2) is 0 Å². The van der Waals surface area contributed by atoms with E-state index in [9.17, 15) is 10.1 Å². The number of carbonyl (C=O) groups excluding carboxylic acids is 1. The lowest BCUT2D eigenvalue weighted by Gasteiger charge is -2.19. The molecule has 0 saturated heterocycles. The molecule has 5 heteroatoms. The summed E-state index contributed by atoms with van der Waals surface area (Å²) in [6.07, 6.45) is 1.43. The molecule has 3 rings (SSSR count). The highest BCUT2D eigenvalue weighted by Crippen LogP contribution is 2.22. The number of carbonyl (C=O) groups is 1. The molecule has 5 nitrogen and oxygen atoms in total. The van der Waals surface area contributed by atoms with E-state index in [0.29, 0.717) is 6.54 Å². The van der Waals surface area contributed by atoms with Gasteiger partial charge in [-0.3, -0.25) is 4.79 Å². The molecule has 3 aromatic rings. The molecule has 0 aromatic heterocycles. The van der Waals surface area contributed by atoms with Crippen molar-refractivity contribution in [1.29, 1.82) is 5.26 Å². The van der Waals surface area contributed by atoms with Crippen LogP contribution in [0, 0.1) is 11.3 Å². The highest BCUT2D eigenvalue weighted by molar-refractivity contribution is 5.97. The summed E-state index contributed by atoms with van der Waals surface area (Å²) in [5.74, 6) is -0.446. The Morgan fingerprint density at radius 1 is 0.900 bits per heavy atom. The normalized spacial score (nSPS) is 11.0. The molecule has 0 fully saturated rings. The highest BCUT2D eigenvalue weighted by Gasteiger charge is 2.19. The van der Waals surface area contributed by atoms with Crippen LogP contribution in [0.5, 0.6) is 0 Å². The summed E-state index contributed by atoms with van der Waals surface area (Å²) in [6, 6.07) is 28.4. The Bertz CT molecular complexity index is 984. The largest absolute Gasteiger partial charge is 0.392 e. The van der Waals surface area contributed by atoms with Crippen LogP contribution >= 0.6 is 0 Å². The number of benzene rings is 3. The average molecular weight is 397 g/mol. The number of rotatable bonds is 8. The fourth-order valence-electron chi connectivity index (χ4n) is 3.04. The second-order valence-corrected chi connectivity index (χ2v) is 6.75. The van der Waals surface area contributed by atoms with E-state index in [1.807, 2.05) is 91.0 Å². The van der Waals surface area contributed by atoms with E-state index >= 15 is 0 Å². The molecular weight excluding hydrogens is 374 g/mol. The van der Waals surface area contributed by atoms with Crippen molar-refractivity contribution in [3.8, 4) is 6.07 Å². The van der Waals surface area contributed by atoms with Gasteiger partial charge in [0, 0.05) is 12.7 Å². The van der Waals surface area contributed by atoms with Crippen LogP contribution in [0.1, 0.15) is 28.3 Å². The Kier molecular flexibility index (Phi) is 7.37. The lowest BCUT2D eigenvalue weighted by molar-refractivity contribution is -0.117. The molecule has 0 saturated carbocycles. The second-order valence-electron chi connectivity index (χ2n) is 6.75. The summed E-state index contributed by atoms with van der Waals surface area (Å²) in [4.78, 5) is 12.8. The van der Waals surface area contributed by atoms with Gasteiger partial charge in [0.1, 0.15) is 11.6 Å². The summed E-state index contributed by atoms with van der Waals surface area (Å²) >= 11 is 0. The number of aliphatic hydroxyl groups is 1. The zero-order chi connectivity index (χ0) is 21.2. The van der Waals surface area contributed by atoms with Gasteiger partial charge in [0.25, 0.3) is 5.91 Å². The summed E-state index contributed by atoms with van der Waals surface area (Å²) in [7, 11) is 0. The van der Waals surface area contributed by atoms with E-state index in [4.69, 9.17) is 5.11 Å². The van der Waals surface area contributed by atoms with Gasteiger partial charge in [-0.1, -0.05) is 84.9 Å². The van der Waals surface area contributed by atoms with Crippen LogP contribution in [0.4, 0.5) is 0 Å². The van der Waals surface area contributed by atoms with Crippen LogP contribution in [-0.4, -0.2) is 11.0 Å². The lowest BCUT2D eigenvalue weighted by atomic mass is 9.98. The zero-order valence-electron chi connectivity index (χ0n) is 16.5. The van der Waals surface area contributed by atoms with Gasteiger partial charge < -0.3 is 15.7 Å². The maximum absolute atomic E-state index is 12.8. The Hall–Kier alpha value is -3.88. The van der Waals surface area contributed by atoms with Crippen LogP contribution < -0.4 is 10.6 Å². The Balaban J connectivity index is 1.71. The van der Waals surface area contributed by atoms with Gasteiger partial charge in [0.15, 0.2) is 0 Å². The molecule has 3 N–H and O–H groups in total. The number of amides is 1. The Labute approximate surface area is 176 Å². The highest BCUT2D eigenvalue weighted by atomic mass is 16.3. The Morgan fingerprint density at radius 2 is 1.43 bits per heavy atom. The molecule has 1 amide bonds. The predicted octanol–water partition coefficient (Wildman–Crippen LogP) is 3.58. The molecule has 0 heterocycles. The van der Waals surface area contributed by atoms with E-state index in [1.54, 1.807) is 0 Å². The van der Waals surface area contributed by atoms with Gasteiger partial charge in [-0.2, -0.15) is 5.26 Å². The minimum atomic E-state index is -0.446. The number of nitrogens with zero attached hydrogens (tertiary/aromatic N) is 1.